The quantitative estimate of drug-likeness (QED) is 0.672. The smallest absolute Gasteiger partial charge is 0.330 e. The molecule has 3 N–H and O–H groups in total. The Balaban J connectivity index is 2.27. The third-order valence-corrected chi connectivity index (χ3v) is 3.75. The van der Waals surface area contributed by atoms with Crippen LogP contribution in [-0.2, 0) is 16.6 Å². The van der Waals surface area contributed by atoms with E-state index in [0.717, 1.165) is 4.88 Å². The molecule has 0 bridgehead atoms. The second kappa shape index (κ2) is 5.83. The van der Waals surface area contributed by atoms with Gasteiger partial charge in [0, 0.05) is 4.88 Å². The van der Waals surface area contributed by atoms with Gasteiger partial charge in [0.15, 0.2) is 0 Å². The summed E-state index contributed by atoms with van der Waals surface area (Å²) in [7, 11) is -3.41. The Morgan fingerprint density at radius 3 is 2.81 bits per heavy atom. The molecule has 0 aliphatic carbocycles. The number of nitrogens with one attached hydrogen (secondary N) is 3. The maximum Gasteiger partial charge on any atom is 0.330 e. The van der Waals surface area contributed by atoms with Crippen LogP contribution in [0.1, 0.15) is 11.8 Å². The van der Waals surface area contributed by atoms with E-state index < -0.39 is 16.1 Å². The van der Waals surface area contributed by atoms with Gasteiger partial charge in [-0.15, -0.1) is 16.2 Å². The van der Waals surface area contributed by atoms with Crippen molar-refractivity contribution in [3.8, 4) is 0 Å². The molecule has 6 nitrogen and oxygen atoms in total. The van der Waals surface area contributed by atoms with Gasteiger partial charge in [0.05, 0.1) is 12.3 Å². The Labute approximate surface area is 98.1 Å². The topological polar surface area (TPSA) is 87.3 Å². The van der Waals surface area contributed by atoms with E-state index in [-0.39, 0.29) is 5.75 Å². The van der Waals surface area contributed by atoms with Gasteiger partial charge in [-0.3, -0.25) is 5.43 Å². The summed E-state index contributed by atoms with van der Waals surface area (Å²) >= 11 is 1.51. The van der Waals surface area contributed by atoms with Gasteiger partial charge in [0.25, 0.3) is 0 Å². The molecule has 1 aromatic heterocycles. The molecule has 0 aromatic carbocycles. The van der Waals surface area contributed by atoms with Crippen molar-refractivity contribution >= 4 is 27.4 Å². The summed E-state index contributed by atoms with van der Waals surface area (Å²) in [6.45, 7) is 1.85. The van der Waals surface area contributed by atoms with Gasteiger partial charge in [0.1, 0.15) is 0 Å². The van der Waals surface area contributed by atoms with Crippen LogP contribution >= 0.6 is 11.3 Å². The van der Waals surface area contributed by atoms with Crippen molar-refractivity contribution in [1.29, 1.82) is 0 Å². The van der Waals surface area contributed by atoms with Gasteiger partial charge in [-0.2, -0.15) is 0 Å². The lowest BCUT2D eigenvalue weighted by Gasteiger charge is -2.07. The second-order valence-electron chi connectivity index (χ2n) is 2.89. The number of hydrazine groups is 1. The lowest BCUT2D eigenvalue weighted by Crippen LogP contribution is -2.47. The lowest BCUT2D eigenvalue weighted by molar-refractivity contribution is 0.239. The minimum Gasteiger partial charge on any atom is -0.332 e. The van der Waals surface area contributed by atoms with Crippen molar-refractivity contribution in [2.75, 3.05) is 5.75 Å². The number of carbonyl (C=O) groups excluding carboxylic acids is 1. The van der Waals surface area contributed by atoms with E-state index in [2.05, 4.69) is 10.7 Å². The molecule has 0 aliphatic rings. The van der Waals surface area contributed by atoms with Crippen LogP contribution in [0, 0.1) is 0 Å². The van der Waals surface area contributed by atoms with Gasteiger partial charge in [-0.25, -0.2) is 13.2 Å². The molecule has 1 heterocycles. The normalized spacial score (nSPS) is 11.1. The van der Waals surface area contributed by atoms with Crippen molar-refractivity contribution in [3.05, 3.63) is 22.4 Å². The number of thiophene rings is 1. The lowest BCUT2D eigenvalue weighted by atomic mass is 10.5. The highest BCUT2D eigenvalue weighted by Gasteiger charge is 2.07. The summed E-state index contributed by atoms with van der Waals surface area (Å²) in [6.07, 6.45) is 0. The van der Waals surface area contributed by atoms with Gasteiger partial charge < -0.3 is 5.32 Å². The van der Waals surface area contributed by atoms with E-state index in [9.17, 15) is 13.2 Å². The third-order valence-electron chi connectivity index (χ3n) is 1.70. The molecule has 90 valence electrons. The number of urea groups is 1. The molecule has 0 radical (unpaired) electrons. The summed E-state index contributed by atoms with van der Waals surface area (Å²) in [5.41, 5.74) is 2.05. The number of hydrogen-bond donors (Lipinski definition) is 3. The number of amides is 2. The first-order chi connectivity index (χ1) is 7.53. The average Bonchev–Trinajstić information content (AvgIpc) is 2.76. The van der Waals surface area contributed by atoms with Crippen LogP contribution in [0.15, 0.2) is 17.5 Å². The maximum absolute atomic E-state index is 11.2. The molecule has 0 aliphatic heterocycles. The van der Waals surface area contributed by atoms with E-state index >= 15 is 0 Å². The largest absolute Gasteiger partial charge is 0.332 e. The summed E-state index contributed by atoms with van der Waals surface area (Å²) < 4.78 is 22.0. The van der Waals surface area contributed by atoms with Gasteiger partial charge in [0.2, 0.25) is 10.0 Å². The van der Waals surface area contributed by atoms with Crippen LogP contribution < -0.4 is 15.6 Å². The number of rotatable bonds is 5. The Morgan fingerprint density at radius 2 is 2.25 bits per heavy atom. The standard InChI is InChI=1S/C8H13N3O3S2/c1-2-16(13,14)11-10-8(12)9-6-7-4-3-5-15-7/h3-5,11H,2,6H2,1H3,(H2,9,10,12). The predicted molar refractivity (Wildman–Crippen MR) is 62.3 cm³/mol. The van der Waals surface area contributed by atoms with E-state index in [4.69, 9.17) is 0 Å². The van der Waals surface area contributed by atoms with Gasteiger partial charge in [-0.05, 0) is 18.4 Å². The van der Waals surface area contributed by atoms with E-state index in [1.807, 2.05) is 22.3 Å². The Hall–Kier alpha value is -1.12. The molecule has 1 aromatic rings. The van der Waals surface area contributed by atoms with E-state index in [1.54, 1.807) is 0 Å². The van der Waals surface area contributed by atoms with Crippen LogP contribution in [0.3, 0.4) is 0 Å². The van der Waals surface area contributed by atoms with Crippen LogP contribution in [0.5, 0.6) is 0 Å². The van der Waals surface area contributed by atoms with Gasteiger partial charge in [-0.1, -0.05) is 6.07 Å². The fraction of sp³-hybridized carbons (Fsp3) is 0.375. The summed E-state index contributed by atoms with van der Waals surface area (Å²) in [5.74, 6) is -0.0851. The zero-order valence-electron chi connectivity index (χ0n) is 8.69. The SMILES string of the molecule is CCS(=O)(=O)NNC(=O)NCc1cccs1. The minimum absolute atomic E-state index is 0.0851. The Bertz CT molecular complexity index is 427. The zero-order chi connectivity index (χ0) is 12.0. The average molecular weight is 263 g/mol. The molecule has 0 saturated heterocycles. The van der Waals surface area contributed by atoms with Gasteiger partial charge >= 0.3 is 6.03 Å². The van der Waals surface area contributed by atoms with Crippen LogP contribution in [0.4, 0.5) is 4.79 Å². The first-order valence-corrected chi connectivity index (χ1v) is 7.12. The molecule has 0 atom stereocenters. The highest BCUT2D eigenvalue weighted by atomic mass is 32.2. The molecular formula is C8H13N3O3S2. The van der Waals surface area contributed by atoms with Crippen LogP contribution in [0.25, 0.3) is 0 Å². The van der Waals surface area contributed by atoms with Crippen molar-refractivity contribution < 1.29 is 13.2 Å². The molecule has 16 heavy (non-hydrogen) atoms. The fourth-order valence-electron chi connectivity index (χ4n) is 0.821. The molecule has 2 amide bonds. The van der Waals surface area contributed by atoms with Crippen LogP contribution in [0.2, 0.25) is 0 Å². The number of carbonyl (C=O) groups is 1. The van der Waals surface area contributed by atoms with Crippen LogP contribution in [-0.4, -0.2) is 20.2 Å². The highest BCUT2D eigenvalue weighted by molar-refractivity contribution is 7.89. The van der Waals surface area contributed by atoms with E-state index in [1.165, 1.54) is 18.3 Å². The number of sulfonamides is 1. The fourth-order valence-corrected chi connectivity index (χ4v) is 1.86. The summed E-state index contributed by atoms with van der Waals surface area (Å²) in [5, 5.41) is 4.41. The third kappa shape index (κ3) is 4.60. The first kappa shape index (κ1) is 12.9. The molecule has 8 heteroatoms. The molecule has 0 fully saturated rings. The predicted octanol–water partition coefficient (Wildman–Crippen LogP) is 0.402. The summed E-state index contributed by atoms with van der Waals surface area (Å²) in [6, 6.07) is 3.17. The maximum atomic E-state index is 11.2. The van der Waals surface area contributed by atoms with Crippen molar-refractivity contribution in [3.63, 3.8) is 0 Å². The summed E-state index contributed by atoms with van der Waals surface area (Å²) in [4.78, 5) is 14.1. The Morgan fingerprint density at radius 1 is 1.50 bits per heavy atom. The van der Waals surface area contributed by atoms with Crippen molar-refractivity contribution in [2.45, 2.75) is 13.5 Å². The second-order valence-corrected chi connectivity index (χ2v) is 5.94. The van der Waals surface area contributed by atoms with Crippen molar-refractivity contribution in [1.82, 2.24) is 15.6 Å². The molecular weight excluding hydrogens is 250 g/mol. The zero-order valence-corrected chi connectivity index (χ0v) is 10.3. The monoisotopic (exact) mass is 263 g/mol. The highest BCUT2D eigenvalue weighted by Crippen LogP contribution is 2.06. The molecule has 0 unspecified atom stereocenters. The van der Waals surface area contributed by atoms with Crippen molar-refractivity contribution in [2.24, 2.45) is 0 Å². The number of hydrogen-bond acceptors (Lipinski definition) is 4. The molecule has 0 spiro atoms. The minimum atomic E-state index is -3.41. The molecule has 1 rings (SSSR count). The van der Waals surface area contributed by atoms with E-state index in [0.29, 0.717) is 6.54 Å². The Kier molecular flexibility index (Phi) is 4.71. The first-order valence-electron chi connectivity index (χ1n) is 4.59. The molecule has 0 saturated carbocycles.